The predicted molar refractivity (Wildman–Crippen MR) is 105 cm³/mol. The van der Waals surface area contributed by atoms with E-state index in [2.05, 4.69) is 15.5 Å². The molecule has 0 aliphatic carbocycles. The van der Waals surface area contributed by atoms with Crippen molar-refractivity contribution in [3.05, 3.63) is 48.2 Å². The molecule has 2 heterocycles. The second-order valence-electron chi connectivity index (χ2n) is 6.70. The van der Waals surface area contributed by atoms with E-state index in [1.54, 1.807) is 24.3 Å². The molecule has 0 bridgehead atoms. The molecular weight excluding hydrogens is 380 g/mol. The number of aromatic nitrogens is 2. The molecule has 4 rings (SSSR count). The maximum absolute atomic E-state index is 11.8. The number of fused-ring (bicyclic) bond motifs is 1. The van der Waals surface area contributed by atoms with E-state index in [0.29, 0.717) is 24.4 Å². The van der Waals surface area contributed by atoms with Gasteiger partial charge in [0.25, 0.3) is 5.91 Å². The van der Waals surface area contributed by atoms with Crippen molar-refractivity contribution in [3.63, 3.8) is 0 Å². The molecule has 9 heteroatoms. The molecule has 0 saturated carbocycles. The molecule has 1 fully saturated rings. The molecule has 144 valence electrons. The summed E-state index contributed by atoms with van der Waals surface area (Å²) < 4.78 is 28.4. The van der Waals surface area contributed by atoms with Crippen LogP contribution >= 0.6 is 0 Å². The SMILES string of the molecule is CS(=O)(=O)c1ccc(-c2ccc3c(NC4COC4)c(C(N)=O)nnc3c2)cc1. The Bertz CT molecular complexity index is 1170. The fourth-order valence-electron chi connectivity index (χ4n) is 3.02. The zero-order valence-corrected chi connectivity index (χ0v) is 15.9. The van der Waals surface area contributed by atoms with Crippen molar-refractivity contribution in [2.45, 2.75) is 10.9 Å². The number of primary amides is 1. The quantitative estimate of drug-likeness (QED) is 0.669. The highest BCUT2D eigenvalue weighted by molar-refractivity contribution is 7.90. The summed E-state index contributed by atoms with van der Waals surface area (Å²) in [5, 5.41) is 12.1. The monoisotopic (exact) mass is 398 g/mol. The van der Waals surface area contributed by atoms with Gasteiger partial charge in [-0.2, -0.15) is 0 Å². The molecule has 3 aromatic rings. The highest BCUT2D eigenvalue weighted by Crippen LogP contribution is 2.30. The molecule has 1 aromatic heterocycles. The van der Waals surface area contributed by atoms with Crippen LogP contribution < -0.4 is 11.1 Å². The average molecular weight is 398 g/mol. The first-order valence-corrected chi connectivity index (χ1v) is 10.5. The number of hydrogen-bond donors (Lipinski definition) is 2. The van der Waals surface area contributed by atoms with Crippen LogP contribution in [-0.4, -0.2) is 50.0 Å². The van der Waals surface area contributed by atoms with Crippen LogP contribution in [-0.2, 0) is 14.6 Å². The van der Waals surface area contributed by atoms with Gasteiger partial charge >= 0.3 is 0 Å². The minimum atomic E-state index is -3.25. The fraction of sp³-hybridized carbons (Fsp3) is 0.211. The lowest BCUT2D eigenvalue weighted by Crippen LogP contribution is -2.41. The van der Waals surface area contributed by atoms with Gasteiger partial charge in [-0.3, -0.25) is 4.79 Å². The lowest BCUT2D eigenvalue weighted by atomic mass is 10.0. The Labute approximate surface area is 161 Å². The van der Waals surface area contributed by atoms with Crippen LogP contribution in [0, 0.1) is 0 Å². The van der Waals surface area contributed by atoms with Gasteiger partial charge in [-0.05, 0) is 35.4 Å². The first-order valence-electron chi connectivity index (χ1n) is 8.58. The van der Waals surface area contributed by atoms with E-state index in [-0.39, 0.29) is 16.6 Å². The average Bonchev–Trinajstić information content (AvgIpc) is 2.63. The Hall–Kier alpha value is -3.04. The van der Waals surface area contributed by atoms with Gasteiger partial charge in [-0.1, -0.05) is 18.2 Å². The summed E-state index contributed by atoms with van der Waals surface area (Å²) >= 11 is 0. The van der Waals surface area contributed by atoms with Crippen LogP contribution in [0.1, 0.15) is 10.5 Å². The van der Waals surface area contributed by atoms with E-state index in [1.807, 2.05) is 18.2 Å². The topological polar surface area (TPSA) is 124 Å². The van der Waals surface area contributed by atoms with Crippen molar-refractivity contribution in [1.29, 1.82) is 0 Å². The summed E-state index contributed by atoms with van der Waals surface area (Å²) in [6.45, 7) is 1.10. The van der Waals surface area contributed by atoms with E-state index in [4.69, 9.17) is 10.5 Å². The second kappa shape index (κ2) is 6.84. The van der Waals surface area contributed by atoms with Crippen molar-refractivity contribution in [1.82, 2.24) is 10.2 Å². The van der Waals surface area contributed by atoms with E-state index < -0.39 is 15.7 Å². The zero-order valence-electron chi connectivity index (χ0n) is 15.0. The lowest BCUT2D eigenvalue weighted by molar-refractivity contribution is 0.0211. The molecule has 8 nitrogen and oxygen atoms in total. The van der Waals surface area contributed by atoms with E-state index in [1.165, 1.54) is 6.26 Å². The van der Waals surface area contributed by atoms with E-state index in [9.17, 15) is 13.2 Å². The number of nitrogens with zero attached hydrogens (tertiary/aromatic N) is 2. The van der Waals surface area contributed by atoms with E-state index in [0.717, 1.165) is 16.5 Å². The minimum absolute atomic E-state index is 0.0876. The van der Waals surface area contributed by atoms with Gasteiger partial charge < -0.3 is 15.8 Å². The van der Waals surface area contributed by atoms with Gasteiger partial charge in [0.15, 0.2) is 15.5 Å². The van der Waals surface area contributed by atoms with Crippen molar-refractivity contribution in [2.75, 3.05) is 24.8 Å². The molecule has 28 heavy (non-hydrogen) atoms. The van der Waals surface area contributed by atoms with Gasteiger partial charge in [-0.15, -0.1) is 10.2 Å². The number of anilines is 1. The van der Waals surface area contributed by atoms with Gasteiger partial charge in [0.1, 0.15) is 0 Å². The summed E-state index contributed by atoms with van der Waals surface area (Å²) in [7, 11) is -3.25. The summed E-state index contributed by atoms with van der Waals surface area (Å²) in [5.41, 5.74) is 8.38. The zero-order chi connectivity index (χ0) is 19.9. The number of sulfone groups is 1. The summed E-state index contributed by atoms with van der Waals surface area (Å²) in [6.07, 6.45) is 1.17. The normalized spacial score (nSPS) is 14.6. The smallest absolute Gasteiger partial charge is 0.271 e. The Morgan fingerprint density at radius 3 is 2.36 bits per heavy atom. The molecule has 0 atom stereocenters. The molecule has 3 N–H and O–H groups in total. The number of nitrogens with two attached hydrogens (primary N) is 1. The van der Waals surface area contributed by atoms with Crippen molar-refractivity contribution >= 4 is 32.3 Å². The molecule has 1 saturated heterocycles. The largest absolute Gasteiger partial charge is 0.377 e. The second-order valence-corrected chi connectivity index (χ2v) is 8.71. The Balaban J connectivity index is 1.77. The van der Waals surface area contributed by atoms with Crippen molar-refractivity contribution in [2.24, 2.45) is 5.73 Å². The van der Waals surface area contributed by atoms with Crippen molar-refractivity contribution in [3.8, 4) is 11.1 Å². The maximum atomic E-state index is 11.8. The van der Waals surface area contributed by atoms with Crippen LogP contribution in [0.2, 0.25) is 0 Å². The van der Waals surface area contributed by atoms with Crippen LogP contribution in [0.25, 0.3) is 22.0 Å². The van der Waals surface area contributed by atoms with Gasteiger partial charge in [-0.25, -0.2) is 8.42 Å². The summed E-state index contributed by atoms with van der Waals surface area (Å²) in [5.74, 6) is -0.655. The standard InChI is InChI=1S/C19H18N4O4S/c1-28(25,26)14-5-2-11(3-6-14)12-4-7-15-16(8-12)22-23-18(19(20)24)17(15)21-13-9-27-10-13/h2-8,13H,9-10H2,1H3,(H2,20,24)(H,21,22). The first kappa shape index (κ1) is 18.3. The lowest BCUT2D eigenvalue weighted by Gasteiger charge is -2.28. The number of carbonyl (C=O) groups is 1. The predicted octanol–water partition coefficient (Wildman–Crippen LogP) is 1.61. The Kier molecular flexibility index (Phi) is 4.48. The number of rotatable bonds is 5. The molecule has 1 aliphatic heterocycles. The fourth-order valence-corrected chi connectivity index (χ4v) is 3.65. The van der Waals surface area contributed by atoms with Crippen LogP contribution in [0.5, 0.6) is 0 Å². The third-order valence-electron chi connectivity index (χ3n) is 4.60. The molecular formula is C19H18N4O4S. The molecule has 1 amide bonds. The summed E-state index contributed by atoms with van der Waals surface area (Å²) in [6, 6.07) is 12.3. The number of nitrogens with one attached hydrogen (secondary N) is 1. The maximum Gasteiger partial charge on any atom is 0.271 e. The van der Waals surface area contributed by atoms with Gasteiger partial charge in [0.05, 0.1) is 35.4 Å². The van der Waals surface area contributed by atoms with Crippen LogP contribution in [0.15, 0.2) is 47.4 Å². The molecule has 1 aliphatic rings. The number of amides is 1. The van der Waals surface area contributed by atoms with Crippen LogP contribution in [0.3, 0.4) is 0 Å². The molecule has 2 aromatic carbocycles. The van der Waals surface area contributed by atoms with Gasteiger partial charge in [0.2, 0.25) is 0 Å². The van der Waals surface area contributed by atoms with Crippen LogP contribution in [0.4, 0.5) is 5.69 Å². The Morgan fingerprint density at radius 2 is 1.79 bits per heavy atom. The highest BCUT2D eigenvalue weighted by atomic mass is 32.2. The Morgan fingerprint density at radius 1 is 1.11 bits per heavy atom. The number of benzene rings is 2. The third-order valence-corrected chi connectivity index (χ3v) is 5.73. The number of carbonyl (C=O) groups excluding carboxylic acids is 1. The molecule has 0 radical (unpaired) electrons. The third kappa shape index (κ3) is 3.41. The number of hydrogen-bond acceptors (Lipinski definition) is 7. The number of ether oxygens (including phenoxy) is 1. The van der Waals surface area contributed by atoms with E-state index >= 15 is 0 Å². The summed E-state index contributed by atoms with van der Waals surface area (Å²) in [4.78, 5) is 12.0. The van der Waals surface area contributed by atoms with Gasteiger partial charge in [0, 0.05) is 11.6 Å². The molecule has 0 unspecified atom stereocenters. The first-order chi connectivity index (χ1) is 13.3. The molecule has 0 spiro atoms. The minimum Gasteiger partial charge on any atom is -0.377 e. The highest BCUT2D eigenvalue weighted by Gasteiger charge is 2.23. The van der Waals surface area contributed by atoms with Crippen molar-refractivity contribution < 1.29 is 17.9 Å².